The highest BCUT2D eigenvalue weighted by Crippen LogP contribution is 2.39. The van der Waals surface area contributed by atoms with Gasteiger partial charge in [0.2, 0.25) is 12.0 Å². The molecule has 0 aromatic rings. The van der Waals surface area contributed by atoms with Crippen LogP contribution >= 0.6 is 0 Å². The summed E-state index contributed by atoms with van der Waals surface area (Å²) in [5.74, 6) is 0. The van der Waals surface area contributed by atoms with Crippen molar-refractivity contribution in [2.75, 3.05) is 13.2 Å². The highest BCUT2D eigenvalue weighted by molar-refractivity contribution is 5.87. The van der Waals surface area contributed by atoms with Crippen molar-refractivity contribution < 1.29 is 54.5 Å². The van der Waals surface area contributed by atoms with Crippen molar-refractivity contribution in [3.05, 3.63) is 0 Å². The quantitative estimate of drug-likeness (QED) is 0.153. The first-order valence-electron chi connectivity index (χ1n) is 13.0. The summed E-state index contributed by atoms with van der Waals surface area (Å²) in [7, 11) is 0. The second-order valence-electron chi connectivity index (χ2n) is 9.78. The molecule has 3 aliphatic heterocycles. The lowest BCUT2D eigenvalue weighted by atomic mass is 10.2. The summed E-state index contributed by atoms with van der Waals surface area (Å²) in [5, 5.41) is 65.7. The number of unbranched alkanes of at least 4 members (excludes halogenated alkanes) is 2. The molecule has 3 fully saturated rings. The zero-order chi connectivity index (χ0) is 29.4. The number of nitrogens with zero attached hydrogens (tertiary/aromatic N) is 6. The monoisotopic (exact) mass is 564 g/mol. The van der Waals surface area contributed by atoms with E-state index < -0.39 is 67.4 Å². The average Bonchev–Trinajstić information content (AvgIpc) is 3.29. The smallest absolute Gasteiger partial charge is 0.363 e. The second-order valence-corrected chi connectivity index (χ2v) is 9.78. The van der Waals surface area contributed by atoms with Gasteiger partial charge in [0.05, 0.1) is 0 Å². The minimum Gasteiger partial charge on any atom is -0.369 e. The van der Waals surface area contributed by atoms with Crippen LogP contribution in [0.4, 0.5) is 14.4 Å². The van der Waals surface area contributed by atoms with Gasteiger partial charge in [-0.05, 0) is 33.6 Å². The molecule has 17 nitrogen and oxygen atoms in total. The zero-order valence-corrected chi connectivity index (χ0v) is 22.7. The standard InChI is InChI=1S/C22H40N6O11/c1-6-8-10-38-12(3)23-14(29)16(31)25(19(23)34)27-18(33)22(5,37)28(21(27)36)26-17(32)15(30)24(20(26)35)13(4)39-11-9-7-2/h12-18,29-33,37H,6-11H2,1-5H3. The summed E-state index contributed by atoms with van der Waals surface area (Å²) in [4.78, 5) is 41.5. The van der Waals surface area contributed by atoms with E-state index in [-0.39, 0.29) is 23.2 Å². The fourth-order valence-corrected chi connectivity index (χ4v) is 4.61. The Labute approximate surface area is 225 Å². The normalized spacial score (nSPS) is 33.3. The van der Waals surface area contributed by atoms with E-state index in [9.17, 15) is 45.0 Å². The van der Waals surface area contributed by atoms with Crippen molar-refractivity contribution in [3.63, 3.8) is 0 Å². The number of ether oxygens (including phenoxy) is 2. The summed E-state index contributed by atoms with van der Waals surface area (Å²) in [6.07, 6.45) is -9.39. The Morgan fingerprint density at radius 3 is 1.56 bits per heavy atom. The number of hydrogen-bond donors (Lipinski definition) is 6. The van der Waals surface area contributed by atoms with E-state index in [2.05, 4.69) is 0 Å². The third-order valence-electron chi connectivity index (χ3n) is 6.91. The molecule has 39 heavy (non-hydrogen) atoms. The van der Waals surface area contributed by atoms with E-state index in [1.807, 2.05) is 13.8 Å². The number of amides is 6. The number of carbonyl (C=O) groups excluding carboxylic acids is 3. The van der Waals surface area contributed by atoms with E-state index in [4.69, 9.17) is 9.47 Å². The predicted octanol–water partition coefficient (Wildman–Crippen LogP) is -1.34. The van der Waals surface area contributed by atoms with Gasteiger partial charge >= 0.3 is 18.1 Å². The fraction of sp³-hybridized carbons (Fsp3) is 0.864. The Kier molecular flexibility index (Phi) is 9.49. The molecular weight excluding hydrogens is 524 g/mol. The van der Waals surface area contributed by atoms with E-state index >= 15 is 0 Å². The van der Waals surface area contributed by atoms with Crippen molar-refractivity contribution in [2.45, 2.75) is 110 Å². The Balaban J connectivity index is 1.88. The summed E-state index contributed by atoms with van der Waals surface area (Å²) >= 11 is 0. The van der Waals surface area contributed by atoms with E-state index in [1.54, 1.807) is 0 Å². The van der Waals surface area contributed by atoms with Gasteiger partial charge in [-0.2, -0.15) is 20.0 Å². The molecule has 3 rings (SSSR count). The van der Waals surface area contributed by atoms with Gasteiger partial charge in [-0.25, -0.2) is 14.4 Å². The second kappa shape index (κ2) is 11.9. The molecule has 0 bridgehead atoms. The number of carbonyl (C=O) groups is 3. The lowest BCUT2D eigenvalue weighted by Crippen LogP contribution is -2.60. The average molecular weight is 565 g/mol. The molecule has 0 saturated carbocycles. The molecule has 0 aromatic heterocycles. The van der Waals surface area contributed by atoms with Gasteiger partial charge in [-0.1, -0.05) is 26.7 Å². The molecule has 6 N–H and O–H groups in total. The third-order valence-corrected chi connectivity index (χ3v) is 6.91. The maximum atomic E-state index is 13.5. The molecule has 0 spiro atoms. The van der Waals surface area contributed by atoms with Gasteiger partial charge in [-0.15, -0.1) is 0 Å². The predicted molar refractivity (Wildman–Crippen MR) is 129 cm³/mol. The first-order chi connectivity index (χ1) is 18.2. The number of aliphatic hydroxyl groups is 6. The molecule has 0 radical (unpaired) electrons. The van der Waals surface area contributed by atoms with Gasteiger partial charge in [0.15, 0.2) is 24.9 Å². The van der Waals surface area contributed by atoms with Crippen LogP contribution in [0.25, 0.3) is 0 Å². The lowest BCUT2D eigenvalue weighted by molar-refractivity contribution is -0.234. The molecule has 0 aliphatic carbocycles. The van der Waals surface area contributed by atoms with E-state index in [0.29, 0.717) is 22.9 Å². The first kappa shape index (κ1) is 31.0. The Hall–Kier alpha value is -2.51. The molecule has 6 amide bonds. The van der Waals surface area contributed by atoms with Crippen LogP contribution < -0.4 is 0 Å². The largest absolute Gasteiger partial charge is 0.369 e. The van der Waals surface area contributed by atoms with Crippen LogP contribution in [0.3, 0.4) is 0 Å². The molecule has 3 heterocycles. The number of hydrazine groups is 2. The maximum Gasteiger partial charge on any atom is 0.363 e. The van der Waals surface area contributed by atoms with Crippen LogP contribution in [0, 0.1) is 0 Å². The molecule has 3 aliphatic rings. The van der Waals surface area contributed by atoms with Gasteiger partial charge in [0, 0.05) is 13.2 Å². The van der Waals surface area contributed by atoms with Crippen LogP contribution in [0.1, 0.15) is 60.3 Å². The third kappa shape index (κ3) is 5.20. The molecule has 8 unspecified atom stereocenters. The lowest BCUT2D eigenvalue weighted by Gasteiger charge is -2.36. The van der Waals surface area contributed by atoms with Crippen LogP contribution in [0.5, 0.6) is 0 Å². The first-order valence-corrected chi connectivity index (χ1v) is 13.0. The van der Waals surface area contributed by atoms with E-state index in [0.717, 1.165) is 29.6 Å². The molecule has 17 heteroatoms. The van der Waals surface area contributed by atoms with Crippen LogP contribution in [0.15, 0.2) is 0 Å². The zero-order valence-electron chi connectivity index (χ0n) is 22.7. The van der Waals surface area contributed by atoms with Crippen molar-refractivity contribution in [1.29, 1.82) is 0 Å². The highest BCUT2D eigenvalue weighted by atomic mass is 16.5. The van der Waals surface area contributed by atoms with Crippen LogP contribution in [0.2, 0.25) is 0 Å². The molecule has 8 atom stereocenters. The van der Waals surface area contributed by atoms with Crippen LogP contribution in [-0.2, 0) is 9.47 Å². The van der Waals surface area contributed by atoms with Crippen molar-refractivity contribution >= 4 is 18.1 Å². The fourth-order valence-electron chi connectivity index (χ4n) is 4.61. The topological polar surface area (TPSA) is 210 Å². The van der Waals surface area contributed by atoms with Crippen molar-refractivity contribution in [1.82, 2.24) is 29.8 Å². The minimum absolute atomic E-state index is 0.242. The van der Waals surface area contributed by atoms with Crippen molar-refractivity contribution in [2.24, 2.45) is 0 Å². The Morgan fingerprint density at radius 2 is 1.13 bits per heavy atom. The summed E-state index contributed by atoms with van der Waals surface area (Å²) < 4.78 is 11.1. The maximum absolute atomic E-state index is 13.5. The van der Waals surface area contributed by atoms with Gasteiger partial charge < -0.3 is 40.1 Å². The number of urea groups is 3. The van der Waals surface area contributed by atoms with Crippen LogP contribution in [-0.4, -0.2) is 141 Å². The summed E-state index contributed by atoms with van der Waals surface area (Å²) in [6.45, 7) is 8.14. The Morgan fingerprint density at radius 1 is 0.718 bits per heavy atom. The Bertz CT molecular complexity index is 912. The van der Waals surface area contributed by atoms with Crippen molar-refractivity contribution in [3.8, 4) is 0 Å². The minimum atomic E-state index is -2.67. The summed E-state index contributed by atoms with van der Waals surface area (Å²) in [5.41, 5.74) is -2.67. The number of aliphatic hydroxyl groups excluding tert-OH is 5. The number of rotatable bonds is 12. The van der Waals surface area contributed by atoms with Gasteiger partial charge in [0.1, 0.15) is 12.5 Å². The SMILES string of the molecule is CCCCOC(C)N1C(=O)N(N2C(=O)N(N3C(=O)N(C(C)OCCCC)C(O)C3O)C(C)(O)C2O)C(O)C1O. The molecular formula is C22H40N6O11. The highest BCUT2D eigenvalue weighted by Gasteiger charge is 2.66. The number of hydrogen-bond acceptors (Lipinski definition) is 11. The molecule has 224 valence electrons. The van der Waals surface area contributed by atoms with E-state index in [1.165, 1.54) is 13.8 Å². The van der Waals surface area contributed by atoms with Gasteiger partial charge in [-0.3, -0.25) is 9.80 Å². The molecule has 0 aromatic carbocycles. The summed E-state index contributed by atoms with van der Waals surface area (Å²) in [6, 6.07) is -3.71. The molecule has 3 saturated heterocycles. The van der Waals surface area contributed by atoms with Gasteiger partial charge in [0.25, 0.3) is 0 Å².